The molecule has 0 aliphatic carbocycles. The zero-order valence-electron chi connectivity index (χ0n) is 18.7. The molecule has 0 saturated carbocycles. The molecule has 4 heterocycles. The number of carbonyl (C=O) groups is 1. The highest BCUT2D eigenvalue weighted by Gasteiger charge is 2.39. The first kappa shape index (κ1) is 22.7. The normalized spacial score (nSPS) is 26.5. The van der Waals surface area contributed by atoms with E-state index in [9.17, 15) is 9.90 Å². The van der Waals surface area contributed by atoms with Crippen LogP contribution in [-0.2, 0) is 18.9 Å². The predicted molar refractivity (Wildman–Crippen MR) is 120 cm³/mol. The van der Waals surface area contributed by atoms with Crippen LogP contribution in [0.1, 0.15) is 38.5 Å². The molecule has 11 heteroatoms. The Labute approximate surface area is 196 Å². The number of carbonyl (C=O) groups excluding carboxylic acids is 1. The summed E-state index contributed by atoms with van der Waals surface area (Å²) in [7, 11) is 0. The molecule has 5 rings (SSSR count). The zero-order valence-corrected chi connectivity index (χ0v) is 19.4. The number of morpholine rings is 1. The fourth-order valence-electron chi connectivity index (χ4n) is 4.87. The summed E-state index contributed by atoms with van der Waals surface area (Å²) < 4.78 is 28.5. The number of fused-ring (bicyclic) bond motifs is 1. The molecule has 0 radical (unpaired) electrons. The molecule has 1 N–H and O–H groups in total. The van der Waals surface area contributed by atoms with E-state index in [1.807, 2.05) is 19.9 Å². The van der Waals surface area contributed by atoms with Crippen LogP contribution < -0.4 is 9.80 Å². The first-order valence-electron chi connectivity index (χ1n) is 11.3. The van der Waals surface area contributed by atoms with Crippen molar-refractivity contribution in [1.82, 2.24) is 5.16 Å². The fraction of sp³-hybridized carbons (Fsp3) is 0.636. The van der Waals surface area contributed by atoms with Gasteiger partial charge in [-0.15, -0.1) is 0 Å². The number of hydrogen-bond donors (Lipinski definition) is 1. The molecule has 3 fully saturated rings. The van der Waals surface area contributed by atoms with E-state index in [0.717, 1.165) is 11.3 Å². The van der Waals surface area contributed by atoms with Crippen molar-refractivity contribution < 1.29 is 33.4 Å². The van der Waals surface area contributed by atoms with Crippen LogP contribution in [0.15, 0.2) is 10.6 Å². The molecule has 3 aliphatic rings. The second-order valence-electron chi connectivity index (χ2n) is 8.71. The van der Waals surface area contributed by atoms with Crippen LogP contribution in [0, 0.1) is 0 Å². The number of aliphatic hydroxyl groups is 1. The Morgan fingerprint density at radius 3 is 2.64 bits per heavy atom. The highest BCUT2D eigenvalue weighted by Crippen LogP contribution is 2.45. The lowest BCUT2D eigenvalue weighted by Crippen LogP contribution is -2.46. The molecule has 3 saturated heterocycles. The molecule has 0 spiro atoms. The van der Waals surface area contributed by atoms with Crippen molar-refractivity contribution in [2.24, 2.45) is 0 Å². The van der Waals surface area contributed by atoms with Crippen molar-refractivity contribution in [2.45, 2.75) is 51.2 Å². The number of anilines is 2. The van der Waals surface area contributed by atoms with Gasteiger partial charge in [0.2, 0.25) is 0 Å². The summed E-state index contributed by atoms with van der Waals surface area (Å²) in [6.07, 6.45) is 0.0773. The summed E-state index contributed by atoms with van der Waals surface area (Å²) >= 11 is 6.94. The first-order chi connectivity index (χ1) is 16.0. The van der Waals surface area contributed by atoms with Crippen molar-refractivity contribution in [3.63, 3.8) is 0 Å². The molecular weight excluding hydrogens is 454 g/mol. The van der Waals surface area contributed by atoms with Gasteiger partial charge in [0.25, 0.3) is 0 Å². The van der Waals surface area contributed by atoms with Crippen LogP contribution >= 0.6 is 11.6 Å². The molecule has 3 atom stereocenters. The van der Waals surface area contributed by atoms with E-state index in [1.54, 1.807) is 0 Å². The van der Waals surface area contributed by atoms with Gasteiger partial charge in [0.15, 0.2) is 17.7 Å². The van der Waals surface area contributed by atoms with Gasteiger partial charge in [-0.1, -0.05) is 16.8 Å². The maximum absolute atomic E-state index is 12.6. The lowest BCUT2D eigenvalue weighted by atomic mass is 10.0. The van der Waals surface area contributed by atoms with Crippen LogP contribution in [0.5, 0.6) is 0 Å². The third-order valence-electron chi connectivity index (χ3n) is 6.19. The summed E-state index contributed by atoms with van der Waals surface area (Å²) in [5.41, 5.74) is 1.91. The largest absolute Gasteiger partial charge is 0.447 e. The molecule has 2 aromatic rings. The number of aromatic nitrogens is 1. The Bertz CT molecular complexity index is 1020. The van der Waals surface area contributed by atoms with E-state index in [2.05, 4.69) is 10.1 Å². The average Bonchev–Trinajstić information content (AvgIpc) is 3.51. The number of amides is 1. The molecule has 3 aliphatic heterocycles. The van der Waals surface area contributed by atoms with E-state index < -0.39 is 12.4 Å². The van der Waals surface area contributed by atoms with Gasteiger partial charge in [0.1, 0.15) is 11.6 Å². The summed E-state index contributed by atoms with van der Waals surface area (Å²) in [5, 5.41) is 14.4. The van der Waals surface area contributed by atoms with Crippen LogP contribution in [0.4, 0.5) is 16.3 Å². The van der Waals surface area contributed by atoms with Gasteiger partial charge < -0.3 is 33.5 Å². The third-order valence-corrected chi connectivity index (χ3v) is 6.54. The van der Waals surface area contributed by atoms with Gasteiger partial charge in [0.05, 0.1) is 42.5 Å². The standard InChI is InChI=1S/C22H28ClN3O7/c1-12-9-25(10-13(2)32-12)18-15(21-29-6-7-30-21)8-16-19(17(18)23)33-24-20(16)26-14(4-3-5-27)11-31-22(26)28/h8,12-14,21,27H,3-7,9-11H2,1-2H3/t12-,13-,14?/m1/s1. The fourth-order valence-corrected chi connectivity index (χ4v) is 5.23. The van der Waals surface area contributed by atoms with E-state index in [-0.39, 0.29) is 31.5 Å². The Kier molecular flexibility index (Phi) is 6.37. The van der Waals surface area contributed by atoms with Gasteiger partial charge in [0, 0.05) is 25.3 Å². The Balaban J connectivity index is 1.62. The molecule has 1 unspecified atom stereocenters. The Morgan fingerprint density at radius 2 is 1.94 bits per heavy atom. The molecule has 180 valence electrons. The Morgan fingerprint density at radius 1 is 1.21 bits per heavy atom. The van der Waals surface area contributed by atoms with Crippen molar-refractivity contribution in [3.05, 3.63) is 16.7 Å². The van der Waals surface area contributed by atoms with Gasteiger partial charge in [-0.05, 0) is 32.8 Å². The lowest BCUT2D eigenvalue weighted by molar-refractivity contribution is -0.0443. The van der Waals surface area contributed by atoms with Gasteiger partial charge >= 0.3 is 6.09 Å². The molecule has 33 heavy (non-hydrogen) atoms. The van der Waals surface area contributed by atoms with Gasteiger partial charge in [-0.2, -0.15) is 0 Å². The van der Waals surface area contributed by atoms with Crippen molar-refractivity contribution in [2.75, 3.05) is 49.3 Å². The monoisotopic (exact) mass is 481 g/mol. The van der Waals surface area contributed by atoms with Gasteiger partial charge in [-0.3, -0.25) is 4.90 Å². The number of nitrogens with zero attached hydrogens (tertiary/aromatic N) is 3. The molecule has 1 amide bonds. The van der Waals surface area contributed by atoms with Gasteiger partial charge in [-0.25, -0.2) is 4.79 Å². The second kappa shape index (κ2) is 9.27. The highest BCUT2D eigenvalue weighted by atomic mass is 35.5. The molecule has 1 aromatic heterocycles. The maximum atomic E-state index is 12.6. The summed E-state index contributed by atoms with van der Waals surface area (Å²) in [5.74, 6) is 0.340. The molecular formula is C22H28ClN3O7. The van der Waals surface area contributed by atoms with E-state index in [0.29, 0.717) is 61.0 Å². The minimum atomic E-state index is -0.589. The summed E-state index contributed by atoms with van der Waals surface area (Å²) in [6.45, 7) is 6.57. The van der Waals surface area contributed by atoms with Crippen molar-refractivity contribution >= 4 is 40.2 Å². The molecule has 10 nitrogen and oxygen atoms in total. The highest BCUT2D eigenvalue weighted by molar-refractivity contribution is 6.38. The SMILES string of the molecule is C[C@@H]1CN(c2c(C3OCCO3)cc3c(N4C(=O)OCC4CCCO)noc3c2Cl)C[C@@H](C)O1. The second-order valence-corrected chi connectivity index (χ2v) is 9.09. The number of halogens is 1. The van der Waals surface area contributed by atoms with E-state index in [1.165, 1.54) is 4.90 Å². The topological polar surface area (TPSA) is 107 Å². The summed E-state index contributed by atoms with van der Waals surface area (Å²) in [4.78, 5) is 16.2. The minimum Gasteiger partial charge on any atom is -0.447 e. The lowest BCUT2D eigenvalue weighted by Gasteiger charge is -2.38. The van der Waals surface area contributed by atoms with Crippen LogP contribution in [0.3, 0.4) is 0 Å². The number of benzene rings is 1. The van der Waals surface area contributed by atoms with Crippen molar-refractivity contribution in [3.8, 4) is 0 Å². The number of rotatable bonds is 6. The average molecular weight is 482 g/mol. The van der Waals surface area contributed by atoms with E-state index >= 15 is 0 Å². The quantitative estimate of drug-likeness (QED) is 0.665. The van der Waals surface area contributed by atoms with Crippen LogP contribution in [0.2, 0.25) is 5.02 Å². The zero-order chi connectivity index (χ0) is 23.1. The summed E-state index contributed by atoms with van der Waals surface area (Å²) in [6, 6.07) is 1.64. The first-order valence-corrected chi connectivity index (χ1v) is 11.7. The minimum absolute atomic E-state index is 0.0238. The number of aliphatic hydroxyl groups excluding tert-OH is 1. The van der Waals surface area contributed by atoms with E-state index in [4.69, 9.17) is 35.1 Å². The number of cyclic esters (lactones) is 1. The number of ether oxygens (including phenoxy) is 4. The van der Waals surface area contributed by atoms with Crippen LogP contribution in [-0.4, -0.2) is 74.1 Å². The number of hydrogen-bond acceptors (Lipinski definition) is 9. The Hall–Kier alpha value is -2.11. The molecule has 1 aromatic carbocycles. The smallest absolute Gasteiger partial charge is 0.416 e. The maximum Gasteiger partial charge on any atom is 0.416 e. The third kappa shape index (κ3) is 4.15. The van der Waals surface area contributed by atoms with Crippen LogP contribution in [0.25, 0.3) is 11.0 Å². The molecule has 0 bridgehead atoms. The predicted octanol–water partition coefficient (Wildman–Crippen LogP) is 3.24. The van der Waals surface area contributed by atoms with Crippen molar-refractivity contribution in [1.29, 1.82) is 0 Å².